The van der Waals surface area contributed by atoms with Crippen LogP contribution in [-0.2, 0) is 23.0 Å². The maximum absolute atomic E-state index is 9.30. The Kier molecular flexibility index (Phi) is 3.93. The molecule has 2 aliphatic carbocycles. The fourth-order valence-electron chi connectivity index (χ4n) is 5.21. The van der Waals surface area contributed by atoms with Crippen molar-refractivity contribution in [3.05, 3.63) is 68.2 Å². The second-order valence-corrected chi connectivity index (χ2v) is 8.49. The lowest BCUT2D eigenvalue weighted by molar-refractivity contribution is 0.0607. The molecule has 0 atom stereocenters. The zero-order valence-electron chi connectivity index (χ0n) is 15.3. The molecule has 4 heteroatoms. The molecule has 5 rings (SSSR count). The highest BCUT2D eigenvalue weighted by Gasteiger charge is 2.46. The number of halogens is 1. The highest BCUT2D eigenvalue weighted by atomic mass is 79.9. The van der Waals surface area contributed by atoms with Gasteiger partial charge >= 0.3 is 0 Å². The summed E-state index contributed by atoms with van der Waals surface area (Å²) in [7, 11) is 1.73. The van der Waals surface area contributed by atoms with Gasteiger partial charge in [0.25, 0.3) is 0 Å². The maximum atomic E-state index is 9.30. The zero-order valence-corrected chi connectivity index (χ0v) is 16.9. The van der Waals surface area contributed by atoms with Gasteiger partial charge in [-0.25, -0.2) is 0 Å². The summed E-state index contributed by atoms with van der Waals surface area (Å²) in [6, 6.07) is 12.9. The van der Waals surface area contributed by atoms with E-state index in [9.17, 15) is 5.26 Å². The molecule has 1 aliphatic heterocycles. The van der Waals surface area contributed by atoms with E-state index in [-0.39, 0.29) is 5.41 Å². The summed E-state index contributed by atoms with van der Waals surface area (Å²) in [6.45, 7) is 1.57. The Morgan fingerprint density at radius 1 is 1.11 bits per heavy atom. The van der Waals surface area contributed by atoms with Crippen LogP contribution in [0.4, 0.5) is 0 Å². The Balaban J connectivity index is 1.72. The Morgan fingerprint density at radius 2 is 1.93 bits per heavy atom. The minimum Gasteiger partial charge on any atom is -0.496 e. The van der Waals surface area contributed by atoms with Gasteiger partial charge in [-0.15, -0.1) is 0 Å². The number of nitriles is 1. The molecule has 0 unspecified atom stereocenters. The summed E-state index contributed by atoms with van der Waals surface area (Å²) in [6.07, 6.45) is 3.89. The minimum atomic E-state index is 0.0149. The monoisotopic (exact) mass is 421 g/mol. The molecule has 1 spiro atoms. The Labute approximate surface area is 167 Å². The summed E-state index contributed by atoms with van der Waals surface area (Å²) in [5.41, 5.74) is 9.15. The van der Waals surface area contributed by atoms with E-state index in [2.05, 4.69) is 46.3 Å². The molecule has 136 valence electrons. The van der Waals surface area contributed by atoms with Gasteiger partial charge in [-0.1, -0.05) is 11.6 Å². The van der Waals surface area contributed by atoms with E-state index >= 15 is 0 Å². The molecule has 0 amide bonds. The van der Waals surface area contributed by atoms with E-state index in [1.807, 2.05) is 6.07 Å². The molecule has 0 bridgehead atoms. The van der Waals surface area contributed by atoms with Crippen molar-refractivity contribution in [3.63, 3.8) is 0 Å². The lowest BCUT2D eigenvalue weighted by Crippen LogP contribution is -2.39. The van der Waals surface area contributed by atoms with Crippen molar-refractivity contribution < 1.29 is 9.47 Å². The molecule has 0 saturated carbocycles. The van der Waals surface area contributed by atoms with Crippen molar-refractivity contribution in [1.29, 1.82) is 5.26 Å². The number of fused-ring (bicyclic) bond motifs is 5. The molecule has 1 heterocycles. The second kappa shape index (κ2) is 6.22. The maximum Gasteiger partial charge on any atom is 0.133 e. The minimum absolute atomic E-state index is 0.0149. The summed E-state index contributed by atoms with van der Waals surface area (Å²) in [5, 5.41) is 9.30. The lowest BCUT2D eigenvalue weighted by atomic mass is 9.62. The van der Waals surface area contributed by atoms with E-state index in [0.717, 1.165) is 54.7 Å². The van der Waals surface area contributed by atoms with Crippen molar-refractivity contribution >= 4 is 21.5 Å². The predicted octanol–water partition coefficient (Wildman–Crippen LogP) is 4.94. The SMILES string of the molecule is COc1cc2c(cc1Br)CC1=C(Cc3cc(C#N)ccc31)C21CCOCC1. The fraction of sp³-hybridized carbons (Fsp3) is 0.348. The molecule has 1 saturated heterocycles. The van der Waals surface area contributed by atoms with Crippen LogP contribution in [0.5, 0.6) is 5.75 Å². The van der Waals surface area contributed by atoms with Gasteiger partial charge < -0.3 is 9.47 Å². The summed E-state index contributed by atoms with van der Waals surface area (Å²) in [4.78, 5) is 0. The Bertz CT molecular complexity index is 1030. The van der Waals surface area contributed by atoms with Gasteiger partial charge in [0.05, 0.1) is 23.2 Å². The standard InChI is InChI=1S/C23H20BrNO2/c1-26-22-12-19-16(11-21(22)24)9-18-17-3-2-14(13-25)8-15(17)10-20(18)23(19)4-6-27-7-5-23/h2-3,8,11-12H,4-7,9-10H2,1H3. The van der Waals surface area contributed by atoms with Crippen LogP contribution in [0.3, 0.4) is 0 Å². The molecule has 1 fully saturated rings. The largest absolute Gasteiger partial charge is 0.496 e. The zero-order chi connectivity index (χ0) is 18.6. The second-order valence-electron chi connectivity index (χ2n) is 7.63. The topological polar surface area (TPSA) is 42.2 Å². The number of rotatable bonds is 1. The van der Waals surface area contributed by atoms with Crippen LogP contribution < -0.4 is 4.74 Å². The molecule has 0 radical (unpaired) electrons. The van der Waals surface area contributed by atoms with Crippen molar-refractivity contribution in [2.45, 2.75) is 31.1 Å². The van der Waals surface area contributed by atoms with Crippen molar-refractivity contribution in [2.24, 2.45) is 0 Å². The van der Waals surface area contributed by atoms with Gasteiger partial charge in [-0.05, 0) is 93.7 Å². The molecule has 3 nitrogen and oxygen atoms in total. The van der Waals surface area contributed by atoms with Crippen molar-refractivity contribution in [1.82, 2.24) is 0 Å². The molecule has 27 heavy (non-hydrogen) atoms. The number of ether oxygens (including phenoxy) is 2. The van der Waals surface area contributed by atoms with Gasteiger partial charge in [0, 0.05) is 18.6 Å². The smallest absolute Gasteiger partial charge is 0.133 e. The molecule has 0 N–H and O–H groups in total. The van der Waals surface area contributed by atoms with Crippen LogP contribution in [0.2, 0.25) is 0 Å². The van der Waals surface area contributed by atoms with E-state index < -0.39 is 0 Å². The van der Waals surface area contributed by atoms with E-state index in [4.69, 9.17) is 9.47 Å². The first-order valence-electron chi connectivity index (χ1n) is 9.37. The number of benzene rings is 2. The first-order valence-corrected chi connectivity index (χ1v) is 10.2. The number of methoxy groups -OCH3 is 1. The van der Waals surface area contributed by atoms with E-state index in [1.54, 1.807) is 7.11 Å². The van der Waals surface area contributed by atoms with Crippen LogP contribution in [0.15, 0.2) is 40.4 Å². The Morgan fingerprint density at radius 3 is 2.67 bits per heavy atom. The van der Waals surface area contributed by atoms with Crippen LogP contribution in [0.1, 0.15) is 40.7 Å². The fourth-order valence-corrected chi connectivity index (χ4v) is 5.76. The predicted molar refractivity (Wildman–Crippen MR) is 108 cm³/mol. The molecule has 0 aromatic heterocycles. The number of hydrogen-bond donors (Lipinski definition) is 0. The normalized spacial score (nSPS) is 19.3. The van der Waals surface area contributed by atoms with Gasteiger partial charge in [0.2, 0.25) is 0 Å². The third kappa shape index (κ3) is 2.42. The average molecular weight is 422 g/mol. The van der Waals surface area contributed by atoms with Gasteiger partial charge in [0.1, 0.15) is 5.75 Å². The van der Waals surface area contributed by atoms with Crippen molar-refractivity contribution in [3.8, 4) is 11.8 Å². The molecule has 3 aliphatic rings. The van der Waals surface area contributed by atoms with Crippen LogP contribution in [0.25, 0.3) is 5.57 Å². The summed E-state index contributed by atoms with van der Waals surface area (Å²) in [5.74, 6) is 0.894. The third-order valence-corrected chi connectivity index (χ3v) is 7.10. The first kappa shape index (κ1) is 17.0. The molecular weight excluding hydrogens is 402 g/mol. The average Bonchev–Trinajstić information content (AvgIpc) is 3.07. The van der Waals surface area contributed by atoms with E-state index in [0.29, 0.717) is 0 Å². The summed E-state index contributed by atoms with van der Waals surface area (Å²) < 4.78 is 12.4. The number of allylic oxidation sites excluding steroid dienone is 2. The highest BCUT2D eigenvalue weighted by molar-refractivity contribution is 9.10. The Hall–Kier alpha value is -2.09. The summed E-state index contributed by atoms with van der Waals surface area (Å²) >= 11 is 3.67. The van der Waals surface area contributed by atoms with Crippen LogP contribution >= 0.6 is 15.9 Å². The molecule has 2 aromatic carbocycles. The van der Waals surface area contributed by atoms with Gasteiger partial charge in [0.15, 0.2) is 0 Å². The number of nitrogens with zero attached hydrogens (tertiary/aromatic N) is 1. The van der Waals surface area contributed by atoms with Crippen LogP contribution in [0, 0.1) is 11.3 Å². The highest BCUT2D eigenvalue weighted by Crippen LogP contribution is 2.55. The van der Waals surface area contributed by atoms with Gasteiger partial charge in [-0.3, -0.25) is 0 Å². The van der Waals surface area contributed by atoms with Gasteiger partial charge in [-0.2, -0.15) is 5.26 Å². The number of hydrogen-bond acceptors (Lipinski definition) is 3. The molecular formula is C23H20BrNO2. The molecule has 2 aromatic rings. The first-order chi connectivity index (χ1) is 13.2. The van der Waals surface area contributed by atoms with E-state index in [1.165, 1.54) is 33.4 Å². The third-order valence-electron chi connectivity index (χ3n) is 6.48. The van der Waals surface area contributed by atoms with Crippen molar-refractivity contribution in [2.75, 3.05) is 20.3 Å². The lowest BCUT2D eigenvalue weighted by Gasteiger charge is -2.44. The quantitative estimate of drug-likeness (QED) is 0.654. The van der Waals surface area contributed by atoms with Crippen LogP contribution in [-0.4, -0.2) is 20.3 Å².